The number of nitrogens with one attached hydrogen (secondary N) is 4. The van der Waals surface area contributed by atoms with E-state index in [9.17, 15) is 14.0 Å². The number of hydrogen-bond donors (Lipinski definition) is 4. The maximum absolute atomic E-state index is 14.2. The fourth-order valence-corrected chi connectivity index (χ4v) is 3.29. The molecule has 4 N–H and O–H groups in total. The molecule has 0 unspecified atom stereocenters. The van der Waals surface area contributed by atoms with E-state index >= 15 is 0 Å². The van der Waals surface area contributed by atoms with Crippen molar-refractivity contribution in [2.75, 3.05) is 24.2 Å². The first-order valence-electron chi connectivity index (χ1n) is 9.12. The lowest BCUT2D eigenvalue weighted by Gasteiger charge is -2.20. The van der Waals surface area contributed by atoms with Gasteiger partial charge in [-0.05, 0) is 42.8 Å². The maximum atomic E-state index is 14.2. The Bertz CT molecular complexity index is 1190. The molecule has 3 aromatic rings. The summed E-state index contributed by atoms with van der Waals surface area (Å²) in [5.41, 5.74) is 3.41. The average Bonchev–Trinajstić information content (AvgIpc) is 3.04. The fraction of sp³-hybridized carbons (Fsp3) is 0.143. The molecule has 8 heteroatoms. The number of imidazole rings is 1. The van der Waals surface area contributed by atoms with Crippen LogP contribution in [0.1, 0.15) is 21.6 Å². The number of fused-ring (bicyclic) bond motifs is 1. The maximum Gasteiger partial charge on any atom is 0.332 e. The summed E-state index contributed by atoms with van der Waals surface area (Å²) in [7, 11) is 1.58. The summed E-state index contributed by atoms with van der Waals surface area (Å²) >= 11 is 0. The predicted molar refractivity (Wildman–Crippen MR) is 111 cm³/mol. The standard InChI is InChI=1S/C21H20FN5O2/c1-12-7-8-13(20(28)23-2)9-16(12)25-14-10-17-19(24-11-14)27(21(29)26-17)18-6-4-3-5-15(18)22/h3-10,24-25H,11H2,1-2H3,(H,23,28)(H,26,29). The van der Waals surface area contributed by atoms with Gasteiger partial charge in [0, 0.05) is 24.0 Å². The van der Waals surface area contributed by atoms with Crippen LogP contribution in [0, 0.1) is 12.7 Å². The third-order valence-corrected chi connectivity index (χ3v) is 4.80. The number of rotatable bonds is 4. The van der Waals surface area contributed by atoms with Crippen molar-refractivity contribution in [3.63, 3.8) is 0 Å². The summed E-state index contributed by atoms with van der Waals surface area (Å²) in [5.74, 6) is -0.147. The number of amides is 1. The summed E-state index contributed by atoms with van der Waals surface area (Å²) in [6, 6.07) is 11.5. The molecule has 1 aromatic heterocycles. The summed E-state index contributed by atoms with van der Waals surface area (Å²) < 4.78 is 15.5. The van der Waals surface area contributed by atoms with E-state index in [1.165, 1.54) is 10.6 Å². The third kappa shape index (κ3) is 3.40. The van der Waals surface area contributed by atoms with Gasteiger partial charge in [0.15, 0.2) is 0 Å². The molecule has 0 radical (unpaired) electrons. The number of para-hydroxylation sites is 1. The number of aryl methyl sites for hydroxylation is 1. The molecule has 2 heterocycles. The first kappa shape index (κ1) is 18.5. The van der Waals surface area contributed by atoms with Gasteiger partial charge >= 0.3 is 5.69 Å². The van der Waals surface area contributed by atoms with Crippen LogP contribution in [0.15, 0.2) is 53.0 Å². The Kier molecular flexibility index (Phi) is 4.67. The molecule has 1 amide bonds. The fourth-order valence-electron chi connectivity index (χ4n) is 3.29. The van der Waals surface area contributed by atoms with Gasteiger partial charge in [-0.15, -0.1) is 0 Å². The number of hydrogen-bond acceptors (Lipinski definition) is 4. The van der Waals surface area contributed by atoms with Gasteiger partial charge in [-0.25, -0.2) is 13.8 Å². The molecule has 7 nitrogen and oxygen atoms in total. The minimum Gasteiger partial charge on any atom is -0.364 e. The molecule has 2 aromatic carbocycles. The molecule has 0 saturated carbocycles. The van der Waals surface area contributed by atoms with E-state index in [4.69, 9.17) is 0 Å². The van der Waals surface area contributed by atoms with Crippen LogP contribution in [-0.4, -0.2) is 29.1 Å². The average molecular weight is 393 g/mol. The highest BCUT2D eigenvalue weighted by molar-refractivity contribution is 5.95. The van der Waals surface area contributed by atoms with Crippen LogP contribution in [-0.2, 0) is 0 Å². The lowest BCUT2D eigenvalue weighted by molar-refractivity contribution is 0.0963. The Labute approximate surface area is 166 Å². The first-order chi connectivity index (χ1) is 14.0. The number of aromatic nitrogens is 2. The number of anilines is 2. The minimum absolute atomic E-state index is 0.169. The van der Waals surface area contributed by atoms with E-state index in [0.717, 1.165) is 16.9 Å². The Morgan fingerprint density at radius 2 is 2.00 bits per heavy atom. The quantitative estimate of drug-likeness (QED) is 0.549. The predicted octanol–water partition coefficient (Wildman–Crippen LogP) is 2.85. The van der Waals surface area contributed by atoms with Crippen LogP contribution in [0.5, 0.6) is 0 Å². The largest absolute Gasteiger partial charge is 0.364 e. The number of benzene rings is 2. The van der Waals surface area contributed by atoms with Gasteiger partial charge in [-0.2, -0.15) is 0 Å². The van der Waals surface area contributed by atoms with Crippen LogP contribution in [0.25, 0.3) is 11.8 Å². The third-order valence-electron chi connectivity index (χ3n) is 4.80. The van der Waals surface area contributed by atoms with Crippen molar-refractivity contribution in [2.24, 2.45) is 0 Å². The van der Waals surface area contributed by atoms with Gasteiger partial charge in [0.2, 0.25) is 0 Å². The van der Waals surface area contributed by atoms with Crippen molar-refractivity contribution in [3.8, 4) is 5.69 Å². The molecule has 1 aliphatic rings. The van der Waals surface area contributed by atoms with Crippen LogP contribution in [0.4, 0.5) is 15.9 Å². The molecule has 0 spiro atoms. The number of carbonyl (C=O) groups is 1. The normalized spacial score (nSPS) is 12.6. The second kappa shape index (κ2) is 7.31. The van der Waals surface area contributed by atoms with Crippen molar-refractivity contribution in [2.45, 2.75) is 6.92 Å². The highest BCUT2D eigenvalue weighted by Gasteiger charge is 2.20. The smallest absolute Gasteiger partial charge is 0.332 e. The molecule has 0 bridgehead atoms. The highest BCUT2D eigenvalue weighted by Crippen LogP contribution is 2.27. The first-order valence-corrected chi connectivity index (χ1v) is 9.12. The molecule has 0 atom stereocenters. The number of nitrogens with zero attached hydrogens (tertiary/aromatic N) is 1. The van der Waals surface area contributed by atoms with Gasteiger partial charge < -0.3 is 20.9 Å². The Balaban J connectivity index is 1.68. The zero-order chi connectivity index (χ0) is 20.5. The van der Waals surface area contributed by atoms with Crippen LogP contribution < -0.4 is 21.6 Å². The van der Waals surface area contributed by atoms with Gasteiger partial charge in [0.05, 0.1) is 17.9 Å². The Morgan fingerprint density at radius 3 is 2.76 bits per heavy atom. The summed E-state index contributed by atoms with van der Waals surface area (Å²) in [6.45, 7) is 2.34. The van der Waals surface area contributed by atoms with E-state index in [2.05, 4.69) is 20.9 Å². The molecule has 1 aliphatic heterocycles. The van der Waals surface area contributed by atoms with E-state index in [-0.39, 0.29) is 11.6 Å². The Morgan fingerprint density at radius 1 is 1.21 bits per heavy atom. The van der Waals surface area contributed by atoms with Crippen LogP contribution in [0.3, 0.4) is 0 Å². The van der Waals surface area contributed by atoms with E-state index in [0.29, 0.717) is 23.6 Å². The number of halogens is 1. The molecule has 0 aliphatic carbocycles. The summed E-state index contributed by atoms with van der Waals surface area (Å²) in [6.07, 6.45) is 1.80. The van der Waals surface area contributed by atoms with E-state index in [1.807, 2.05) is 13.0 Å². The lowest BCUT2D eigenvalue weighted by atomic mass is 10.1. The van der Waals surface area contributed by atoms with Crippen molar-refractivity contribution < 1.29 is 9.18 Å². The van der Waals surface area contributed by atoms with Crippen molar-refractivity contribution in [3.05, 3.63) is 81.3 Å². The van der Waals surface area contributed by atoms with Crippen LogP contribution in [0.2, 0.25) is 0 Å². The molecule has 29 heavy (non-hydrogen) atoms. The second-order valence-electron chi connectivity index (χ2n) is 6.74. The monoisotopic (exact) mass is 393 g/mol. The summed E-state index contributed by atoms with van der Waals surface area (Å²) in [4.78, 5) is 27.1. The number of H-pyrrole nitrogens is 1. The van der Waals surface area contributed by atoms with Gasteiger partial charge in [0.25, 0.3) is 5.91 Å². The van der Waals surface area contributed by atoms with Gasteiger partial charge in [-0.1, -0.05) is 18.2 Å². The molecule has 4 rings (SSSR count). The minimum atomic E-state index is -0.479. The van der Waals surface area contributed by atoms with Gasteiger partial charge in [-0.3, -0.25) is 4.79 Å². The van der Waals surface area contributed by atoms with Gasteiger partial charge in [0.1, 0.15) is 11.6 Å². The highest BCUT2D eigenvalue weighted by atomic mass is 19.1. The van der Waals surface area contributed by atoms with Crippen molar-refractivity contribution >= 4 is 23.5 Å². The number of aromatic amines is 1. The second-order valence-corrected chi connectivity index (χ2v) is 6.74. The molecule has 148 valence electrons. The van der Waals surface area contributed by atoms with Crippen molar-refractivity contribution in [1.82, 2.24) is 14.9 Å². The zero-order valence-corrected chi connectivity index (χ0v) is 16.0. The van der Waals surface area contributed by atoms with Crippen LogP contribution >= 0.6 is 0 Å². The van der Waals surface area contributed by atoms with E-state index in [1.54, 1.807) is 43.5 Å². The zero-order valence-electron chi connectivity index (χ0n) is 16.0. The molecule has 0 fully saturated rings. The summed E-state index contributed by atoms with van der Waals surface area (Å²) in [5, 5.41) is 9.08. The Hall–Kier alpha value is -3.81. The SMILES string of the molecule is CNC(=O)c1ccc(C)c(NC2=Cc3[nH]c(=O)n(-c4ccccc4F)c3NC2)c1. The molecular weight excluding hydrogens is 373 g/mol. The van der Waals surface area contributed by atoms with E-state index < -0.39 is 11.5 Å². The molecular formula is C21H20FN5O2. The number of carbonyl (C=O) groups excluding carboxylic acids is 1. The van der Waals surface area contributed by atoms with Crippen molar-refractivity contribution in [1.29, 1.82) is 0 Å². The lowest BCUT2D eigenvalue weighted by Crippen LogP contribution is -2.21. The molecule has 0 saturated heterocycles. The topological polar surface area (TPSA) is 91.0 Å².